The molecule has 1 atom stereocenters. The number of benzene rings is 1. The van der Waals surface area contributed by atoms with Gasteiger partial charge in [-0.05, 0) is 29.2 Å². The van der Waals surface area contributed by atoms with Gasteiger partial charge >= 0.3 is 0 Å². The number of aromatic nitrogens is 2. The summed E-state index contributed by atoms with van der Waals surface area (Å²) in [5, 5.41) is 2.11. The van der Waals surface area contributed by atoms with Gasteiger partial charge in [0.2, 0.25) is 5.28 Å². The highest BCUT2D eigenvalue weighted by Gasteiger charge is 2.31. The minimum absolute atomic E-state index is 0.122. The zero-order valence-corrected chi connectivity index (χ0v) is 13.9. The van der Waals surface area contributed by atoms with Crippen molar-refractivity contribution < 1.29 is 9.57 Å². The lowest BCUT2D eigenvalue weighted by Crippen LogP contribution is -2.24. The van der Waals surface area contributed by atoms with Crippen LogP contribution in [0.1, 0.15) is 30.0 Å². The Bertz CT molecular complexity index is 751. The van der Waals surface area contributed by atoms with Crippen molar-refractivity contribution in [1.29, 1.82) is 0 Å². The first-order valence-electron chi connectivity index (χ1n) is 8.10. The highest BCUT2D eigenvalue weighted by Crippen LogP contribution is 2.38. The van der Waals surface area contributed by atoms with E-state index in [4.69, 9.17) is 21.2 Å². The van der Waals surface area contributed by atoms with Gasteiger partial charge in [0, 0.05) is 18.2 Å². The molecule has 1 saturated heterocycles. The fourth-order valence-electron chi connectivity index (χ4n) is 3.17. The fourth-order valence-corrected chi connectivity index (χ4v) is 3.30. The molecule has 1 unspecified atom stereocenters. The Hall–Kier alpha value is -1.95. The third kappa shape index (κ3) is 3.02. The molecule has 24 heavy (non-hydrogen) atoms. The first kappa shape index (κ1) is 15.6. The predicted octanol–water partition coefficient (Wildman–Crippen LogP) is 3.82. The summed E-state index contributed by atoms with van der Waals surface area (Å²) >= 11 is 6.08. The van der Waals surface area contributed by atoms with Gasteiger partial charge in [-0.2, -0.15) is 4.98 Å². The lowest BCUT2D eigenvalue weighted by Gasteiger charge is -2.27. The van der Waals surface area contributed by atoms with Crippen molar-refractivity contribution in [3.05, 3.63) is 59.0 Å². The molecule has 0 radical (unpaired) electrons. The average Bonchev–Trinajstić information content (AvgIpc) is 3.13. The maximum absolute atomic E-state index is 6.08. The highest BCUT2D eigenvalue weighted by molar-refractivity contribution is 6.28. The van der Waals surface area contributed by atoms with E-state index >= 15 is 0 Å². The standard InChI is InChI=1S/C18H18ClN3O2/c19-18-20-12-15(13-6-9-23-10-7-13)17(21-18)22-16(8-11-24-22)14-4-2-1-3-5-14/h1-6,12,16H,7-11H2. The van der Waals surface area contributed by atoms with Crippen molar-refractivity contribution in [1.82, 2.24) is 9.97 Å². The molecule has 3 heterocycles. The molecule has 1 aromatic carbocycles. The summed E-state index contributed by atoms with van der Waals surface area (Å²) in [5.74, 6) is 0.731. The Balaban J connectivity index is 1.75. The SMILES string of the molecule is Clc1ncc(C2=CCOCC2)c(N2OCCC2c2ccccc2)n1. The molecule has 0 saturated carbocycles. The van der Waals surface area contributed by atoms with Crippen LogP contribution in [0.15, 0.2) is 42.6 Å². The smallest absolute Gasteiger partial charge is 0.224 e. The summed E-state index contributed by atoms with van der Waals surface area (Å²) in [5.41, 5.74) is 3.34. The van der Waals surface area contributed by atoms with E-state index in [1.807, 2.05) is 23.3 Å². The van der Waals surface area contributed by atoms with Crippen LogP contribution in [-0.4, -0.2) is 29.8 Å². The van der Waals surface area contributed by atoms with Crippen molar-refractivity contribution in [2.24, 2.45) is 0 Å². The number of halogens is 1. The van der Waals surface area contributed by atoms with Crippen molar-refractivity contribution >= 4 is 23.0 Å². The molecule has 1 aromatic heterocycles. The predicted molar refractivity (Wildman–Crippen MR) is 92.7 cm³/mol. The number of rotatable bonds is 3. The topological polar surface area (TPSA) is 47.5 Å². The van der Waals surface area contributed by atoms with Crippen LogP contribution >= 0.6 is 11.6 Å². The van der Waals surface area contributed by atoms with E-state index in [1.54, 1.807) is 6.20 Å². The molecule has 0 amide bonds. The Kier molecular flexibility index (Phi) is 4.47. The second-order valence-electron chi connectivity index (χ2n) is 5.80. The molecule has 4 rings (SSSR count). The quantitative estimate of drug-likeness (QED) is 0.793. The highest BCUT2D eigenvalue weighted by atomic mass is 35.5. The van der Waals surface area contributed by atoms with Gasteiger partial charge in [0.1, 0.15) is 0 Å². The second-order valence-corrected chi connectivity index (χ2v) is 6.14. The van der Waals surface area contributed by atoms with Gasteiger partial charge in [-0.3, -0.25) is 4.84 Å². The van der Waals surface area contributed by atoms with E-state index < -0.39 is 0 Å². The van der Waals surface area contributed by atoms with Gasteiger partial charge in [0.05, 0.1) is 25.9 Å². The molecule has 1 fully saturated rings. The van der Waals surface area contributed by atoms with Crippen LogP contribution in [0.4, 0.5) is 5.82 Å². The van der Waals surface area contributed by atoms with E-state index in [0.717, 1.165) is 24.2 Å². The molecule has 124 valence electrons. The minimum atomic E-state index is 0.122. The normalized spacial score (nSPS) is 21.0. The van der Waals surface area contributed by atoms with Crippen molar-refractivity contribution in [3.63, 3.8) is 0 Å². The minimum Gasteiger partial charge on any atom is -0.377 e. The maximum Gasteiger partial charge on any atom is 0.224 e. The average molecular weight is 344 g/mol. The van der Waals surface area contributed by atoms with Crippen LogP contribution in [0.5, 0.6) is 0 Å². The summed E-state index contributed by atoms with van der Waals surface area (Å²) < 4.78 is 5.41. The number of hydroxylamine groups is 1. The third-order valence-corrected chi connectivity index (χ3v) is 4.53. The van der Waals surface area contributed by atoms with Crippen molar-refractivity contribution in [2.45, 2.75) is 18.9 Å². The van der Waals surface area contributed by atoms with Gasteiger partial charge in [-0.1, -0.05) is 36.4 Å². The van der Waals surface area contributed by atoms with Gasteiger partial charge < -0.3 is 4.74 Å². The van der Waals surface area contributed by atoms with Crippen LogP contribution in [0.25, 0.3) is 5.57 Å². The lowest BCUT2D eigenvalue weighted by molar-refractivity contribution is 0.155. The van der Waals surface area contributed by atoms with E-state index in [2.05, 4.69) is 28.2 Å². The summed E-state index contributed by atoms with van der Waals surface area (Å²) in [6, 6.07) is 10.5. The van der Waals surface area contributed by atoms with Crippen LogP contribution < -0.4 is 5.06 Å². The van der Waals surface area contributed by atoms with Crippen LogP contribution in [0, 0.1) is 0 Å². The number of ether oxygens (including phenoxy) is 1. The molecule has 0 bridgehead atoms. The summed E-state index contributed by atoms with van der Waals surface area (Å²) in [6.07, 6.45) is 5.60. The monoisotopic (exact) mass is 343 g/mol. The molecular formula is C18H18ClN3O2. The summed E-state index contributed by atoms with van der Waals surface area (Å²) in [6.45, 7) is 1.97. The first-order valence-corrected chi connectivity index (χ1v) is 8.47. The van der Waals surface area contributed by atoms with Crippen LogP contribution in [0.3, 0.4) is 0 Å². The zero-order chi connectivity index (χ0) is 16.4. The van der Waals surface area contributed by atoms with Gasteiger partial charge in [-0.25, -0.2) is 10.0 Å². The molecule has 0 N–H and O–H groups in total. The Labute approximate surface area is 145 Å². The Morgan fingerprint density at radius 2 is 2.04 bits per heavy atom. The molecule has 0 aliphatic carbocycles. The summed E-state index contributed by atoms with van der Waals surface area (Å²) in [7, 11) is 0. The Morgan fingerprint density at radius 1 is 1.17 bits per heavy atom. The van der Waals surface area contributed by atoms with Crippen molar-refractivity contribution in [3.8, 4) is 0 Å². The molecule has 6 heteroatoms. The van der Waals surface area contributed by atoms with Crippen LogP contribution in [-0.2, 0) is 9.57 Å². The van der Waals surface area contributed by atoms with E-state index in [0.29, 0.717) is 19.8 Å². The molecular weight excluding hydrogens is 326 g/mol. The first-order chi connectivity index (χ1) is 11.8. The fraction of sp³-hybridized carbons (Fsp3) is 0.333. The summed E-state index contributed by atoms with van der Waals surface area (Å²) in [4.78, 5) is 14.6. The Morgan fingerprint density at radius 3 is 2.83 bits per heavy atom. The van der Waals surface area contributed by atoms with Gasteiger partial charge in [0.25, 0.3) is 0 Å². The molecule has 0 spiro atoms. The van der Waals surface area contributed by atoms with E-state index in [1.165, 1.54) is 11.1 Å². The maximum atomic E-state index is 6.08. The number of anilines is 1. The van der Waals surface area contributed by atoms with E-state index in [9.17, 15) is 0 Å². The number of hydrogen-bond donors (Lipinski definition) is 0. The number of hydrogen-bond acceptors (Lipinski definition) is 5. The van der Waals surface area contributed by atoms with Crippen molar-refractivity contribution in [2.75, 3.05) is 24.9 Å². The third-order valence-electron chi connectivity index (χ3n) is 4.35. The van der Waals surface area contributed by atoms with E-state index in [-0.39, 0.29) is 11.3 Å². The zero-order valence-electron chi connectivity index (χ0n) is 13.2. The second kappa shape index (κ2) is 6.89. The number of nitrogens with zero attached hydrogens (tertiary/aromatic N) is 3. The molecule has 2 aliphatic rings. The van der Waals surface area contributed by atoms with Crippen LogP contribution in [0.2, 0.25) is 5.28 Å². The largest absolute Gasteiger partial charge is 0.377 e. The lowest BCUT2D eigenvalue weighted by atomic mass is 10.0. The molecule has 2 aromatic rings. The molecule has 2 aliphatic heterocycles. The van der Waals surface area contributed by atoms with Gasteiger partial charge in [-0.15, -0.1) is 0 Å². The van der Waals surface area contributed by atoms with Gasteiger partial charge in [0.15, 0.2) is 5.82 Å². The molecule has 5 nitrogen and oxygen atoms in total.